The van der Waals surface area contributed by atoms with Crippen LogP contribution < -0.4 is 14.8 Å². The van der Waals surface area contributed by atoms with E-state index in [0.29, 0.717) is 48.8 Å². The number of fused-ring (bicyclic) bond motifs is 1. The Kier molecular flexibility index (Phi) is 7.02. The minimum absolute atomic E-state index is 0.124. The number of nitrogens with zero attached hydrogens (tertiary/aromatic N) is 4. The molecule has 2 amide bonds. The number of rotatable bonds is 9. The molecule has 0 bridgehead atoms. The molecule has 9 heteroatoms. The van der Waals surface area contributed by atoms with E-state index in [0.717, 1.165) is 22.9 Å². The van der Waals surface area contributed by atoms with Gasteiger partial charge in [-0.25, -0.2) is 9.67 Å². The lowest BCUT2D eigenvalue weighted by Crippen LogP contribution is -2.38. The Hall–Kier alpha value is -4.40. The SMILES string of the molecule is COc1ccc(Cn2ncc3cc(C(=O)NC(CN4CCCC4=O)c4ccccc4)cnc32)c(OC)c1. The van der Waals surface area contributed by atoms with Crippen molar-refractivity contribution in [3.8, 4) is 11.5 Å². The van der Waals surface area contributed by atoms with Gasteiger partial charge in [0.2, 0.25) is 5.91 Å². The van der Waals surface area contributed by atoms with Gasteiger partial charge >= 0.3 is 0 Å². The number of amides is 2. The van der Waals surface area contributed by atoms with Crippen molar-refractivity contribution in [3.63, 3.8) is 0 Å². The molecule has 0 aliphatic carbocycles. The van der Waals surface area contributed by atoms with E-state index >= 15 is 0 Å². The largest absolute Gasteiger partial charge is 0.497 e. The van der Waals surface area contributed by atoms with Gasteiger partial charge in [-0.3, -0.25) is 9.59 Å². The van der Waals surface area contributed by atoms with Gasteiger partial charge < -0.3 is 19.7 Å². The Bertz CT molecular complexity index is 1420. The molecule has 1 atom stereocenters. The summed E-state index contributed by atoms with van der Waals surface area (Å²) < 4.78 is 12.6. The summed E-state index contributed by atoms with van der Waals surface area (Å²) in [4.78, 5) is 31.9. The quantitative estimate of drug-likeness (QED) is 0.378. The Morgan fingerprint density at radius 2 is 1.92 bits per heavy atom. The van der Waals surface area contributed by atoms with Crippen molar-refractivity contribution in [1.29, 1.82) is 0 Å². The highest BCUT2D eigenvalue weighted by Gasteiger charge is 2.26. The number of nitrogens with one attached hydrogen (secondary N) is 1. The molecule has 5 rings (SSSR count). The molecule has 37 heavy (non-hydrogen) atoms. The summed E-state index contributed by atoms with van der Waals surface area (Å²) in [5.74, 6) is 1.28. The standard InChI is InChI=1S/C28H29N5O4/c1-36-23-11-10-20(25(14-23)37-2)17-33-27-21(16-30-33)13-22(15-29-27)28(35)31-24(19-7-4-3-5-8-19)18-32-12-6-9-26(32)34/h3-5,7-8,10-11,13-16,24H,6,9,12,17-18H2,1-2H3,(H,31,35). The van der Waals surface area contributed by atoms with Crippen LogP contribution in [-0.2, 0) is 11.3 Å². The fourth-order valence-electron chi connectivity index (χ4n) is 4.63. The van der Waals surface area contributed by atoms with Crippen molar-refractivity contribution >= 4 is 22.8 Å². The van der Waals surface area contributed by atoms with Crippen molar-refractivity contribution < 1.29 is 19.1 Å². The first-order valence-electron chi connectivity index (χ1n) is 12.2. The van der Waals surface area contributed by atoms with Crippen LogP contribution in [0.2, 0.25) is 0 Å². The van der Waals surface area contributed by atoms with Crippen molar-refractivity contribution in [1.82, 2.24) is 25.0 Å². The molecule has 3 heterocycles. The number of hydrogen-bond acceptors (Lipinski definition) is 6. The van der Waals surface area contributed by atoms with Gasteiger partial charge in [0, 0.05) is 42.7 Å². The summed E-state index contributed by atoms with van der Waals surface area (Å²) in [7, 11) is 3.23. The molecule has 190 valence electrons. The number of methoxy groups -OCH3 is 2. The first kappa shape index (κ1) is 24.3. The second-order valence-electron chi connectivity index (χ2n) is 9.00. The molecule has 0 radical (unpaired) electrons. The van der Waals surface area contributed by atoms with Gasteiger partial charge in [0.15, 0.2) is 5.65 Å². The average Bonchev–Trinajstić information content (AvgIpc) is 3.53. The molecule has 2 aromatic heterocycles. The van der Waals surface area contributed by atoms with Crippen LogP contribution in [0.5, 0.6) is 11.5 Å². The highest BCUT2D eigenvalue weighted by Crippen LogP contribution is 2.26. The van der Waals surface area contributed by atoms with E-state index in [2.05, 4.69) is 15.4 Å². The minimum Gasteiger partial charge on any atom is -0.497 e. The van der Waals surface area contributed by atoms with Crippen LogP contribution in [0, 0.1) is 0 Å². The molecule has 1 fully saturated rings. The van der Waals surface area contributed by atoms with Crippen LogP contribution in [0.25, 0.3) is 11.0 Å². The van der Waals surface area contributed by atoms with Crippen LogP contribution in [-0.4, -0.2) is 58.8 Å². The van der Waals surface area contributed by atoms with E-state index in [-0.39, 0.29) is 17.9 Å². The number of likely N-dealkylation sites (tertiary alicyclic amines) is 1. The van der Waals surface area contributed by atoms with Gasteiger partial charge in [0.1, 0.15) is 11.5 Å². The molecule has 0 saturated carbocycles. The minimum atomic E-state index is -0.322. The fraction of sp³-hybridized carbons (Fsp3) is 0.286. The molecular formula is C28H29N5O4. The van der Waals surface area contributed by atoms with Gasteiger partial charge in [0.25, 0.3) is 5.91 Å². The highest BCUT2D eigenvalue weighted by atomic mass is 16.5. The summed E-state index contributed by atoms with van der Waals surface area (Å²) in [6, 6.07) is 16.8. The zero-order chi connectivity index (χ0) is 25.8. The normalized spacial score (nSPS) is 14.1. The number of hydrogen-bond donors (Lipinski definition) is 1. The van der Waals surface area contributed by atoms with Gasteiger partial charge in [-0.2, -0.15) is 5.10 Å². The molecule has 1 aliphatic rings. The third kappa shape index (κ3) is 5.25. The first-order chi connectivity index (χ1) is 18.1. The maximum Gasteiger partial charge on any atom is 0.253 e. The summed E-state index contributed by atoms with van der Waals surface area (Å²) in [6.07, 6.45) is 4.67. The number of aromatic nitrogens is 3. The zero-order valence-corrected chi connectivity index (χ0v) is 20.9. The second kappa shape index (κ2) is 10.7. The van der Waals surface area contributed by atoms with E-state index < -0.39 is 0 Å². The lowest BCUT2D eigenvalue weighted by Gasteiger charge is -2.25. The Balaban J connectivity index is 1.35. The van der Waals surface area contributed by atoms with Crippen LogP contribution in [0.4, 0.5) is 0 Å². The van der Waals surface area contributed by atoms with E-state index in [4.69, 9.17) is 9.47 Å². The molecule has 1 unspecified atom stereocenters. The Morgan fingerprint density at radius 1 is 1.08 bits per heavy atom. The molecule has 9 nitrogen and oxygen atoms in total. The monoisotopic (exact) mass is 499 g/mol. The van der Waals surface area contributed by atoms with Gasteiger partial charge in [-0.15, -0.1) is 0 Å². The maximum atomic E-state index is 13.3. The van der Waals surface area contributed by atoms with Gasteiger partial charge in [-0.1, -0.05) is 30.3 Å². The smallest absolute Gasteiger partial charge is 0.253 e. The molecule has 1 saturated heterocycles. The molecular weight excluding hydrogens is 470 g/mol. The molecule has 4 aromatic rings. The molecule has 2 aromatic carbocycles. The molecule has 1 aliphatic heterocycles. The molecule has 0 spiro atoms. The Labute approximate surface area is 215 Å². The number of pyridine rings is 1. The maximum absolute atomic E-state index is 13.3. The Morgan fingerprint density at radius 3 is 2.65 bits per heavy atom. The van der Waals surface area contributed by atoms with Crippen molar-refractivity contribution in [2.45, 2.75) is 25.4 Å². The third-order valence-electron chi connectivity index (χ3n) is 6.63. The fourth-order valence-corrected chi connectivity index (χ4v) is 4.63. The first-order valence-corrected chi connectivity index (χ1v) is 12.2. The van der Waals surface area contributed by atoms with E-state index in [1.807, 2.05) is 53.4 Å². The summed E-state index contributed by atoms with van der Waals surface area (Å²) in [6.45, 7) is 1.60. The number of carbonyl (C=O) groups excluding carboxylic acids is 2. The number of ether oxygens (including phenoxy) is 2. The van der Waals surface area contributed by atoms with Crippen molar-refractivity contribution in [2.24, 2.45) is 0 Å². The second-order valence-corrected chi connectivity index (χ2v) is 9.00. The highest BCUT2D eigenvalue weighted by molar-refractivity contribution is 5.97. The third-order valence-corrected chi connectivity index (χ3v) is 6.63. The number of carbonyl (C=O) groups is 2. The van der Waals surface area contributed by atoms with Crippen molar-refractivity contribution in [3.05, 3.63) is 83.7 Å². The summed E-state index contributed by atoms with van der Waals surface area (Å²) in [5, 5.41) is 8.35. The lowest BCUT2D eigenvalue weighted by molar-refractivity contribution is -0.128. The summed E-state index contributed by atoms with van der Waals surface area (Å²) in [5.41, 5.74) is 2.98. The van der Waals surface area contributed by atoms with Crippen LogP contribution >= 0.6 is 0 Å². The van der Waals surface area contributed by atoms with E-state index in [9.17, 15) is 9.59 Å². The van der Waals surface area contributed by atoms with E-state index in [1.165, 1.54) is 0 Å². The topological polar surface area (TPSA) is 98.6 Å². The van der Waals surface area contributed by atoms with E-state index in [1.54, 1.807) is 37.4 Å². The van der Waals surface area contributed by atoms with Crippen LogP contribution in [0.1, 0.15) is 40.4 Å². The summed E-state index contributed by atoms with van der Waals surface area (Å²) >= 11 is 0. The van der Waals surface area contributed by atoms with Crippen molar-refractivity contribution in [2.75, 3.05) is 27.3 Å². The lowest BCUT2D eigenvalue weighted by atomic mass is 10.1. The molecule has 1 N–H and O–H groups in total. The zero-order valence-electron chi connectivity index (χ0n) is 20.9. The average molecular weight is 500 g/mol. The van der Waals surface area contributed by atoms with Gasteiger partial charge in [-0.05, 0) is 30.2 Å². The van der Waals surface area contributed by atoms with Crippen LogP contribution in [0.3, 0.4) is 0 Å². The predicted molar refractivity (Wildman–Crippen MR) is 139 cm³/mol. The number of benzene rings is 2. The van der Waals surface area contributed by atoms with Crippen LogP contribution in [0.15, 0.2) is 67.0 Å². The van der Waals surface area contributed by atoms with Gasteiger partial charge in [0.05, 0.1) is 38.6 Å². The predicted octanol–water partition coefficient (Wildman–Crippen LogP) is 3.59.